The maximum atomic E-state index is 12.7. The van der Waals surface area contributed by atoms with Gasteiger partial charge in [-0.1, -0.05) is 35.3 Å². The highest BCUT2D eigenvalue weighted by molar-refractivity contribution is 7.93. The number of hydrogen-bond acceptors (Lipinski definition) is 3. The summed E-state index contributed by atoms with van der Waals surface area (Å²) < 4.78 is 31.7. The van der Waals surface area contributed by atoms with Gasteiger partial charge in [0, 0.05) is 12.1 Å². The average Bonchev–Trinajstić information content (AvgIpc) is 2.48. The Morgan fingerprint density at radius 1 is 1.10 bits per heavy atom. The van der Waals surface area contributed by atoms with Crippen molar-refractivity contribution in [2.24, 2.45) is 0 Å². The number of ether oxygens (including phenoxy) is 1. The Hall–Kier alpha value is -1.43. The third kappa shape index (κ3) is 3.10. The first-order chi connectivity index (χ1) is 9.87. The van der Waals surface area contributed by atoms with E-state index in [9.17, 15) is 8.42 Å². The molecule has 112 valence electrons. The molecule has 4 nitrogen and oxygen atoms in total. The first kappa shape index (κ1) is 15.9. The van der Waals surface area contributed by atoms with Gasteiger partial charge in [-0.3, -0.25) is 4.31 Å². The second kappa shape index (κ2) is 6.13. The minimum absolute atomic E-state index is 0.0509. The topological polar surface area (TPSA) is 46.6 Å². The average molecular weight is 346 g/mol. The lowest BCUT2D eigenvalue weighted by Gasteiger charge is -2.22. The van der Waals surface area contributed by atoms with E-state index in [1.54, 1.807) is 24.3 Å². The number of methoxy groups -OCH3 is 1. The van der Waals surface area contributed by atoms with Gasteiger partial charge in [0.05, 0.1) is 17.8 Å². The summed E-state index contributed by atoms with van der Waals surface area (Å²) in [5.74, 6) is 0.446. The number of rotatable bonds is 4. The lowest BCUT2D eigenvalue weighted by atomic mass is 10.3. The molecule has 0 spiro atoms. The minimum Gasteiger partial charge on any atom is -0.495 e. The predicted octanol–water partition coefficient (Wildman–Crippen LogP) is 3.83. The fourth-order valence-electron chi connectivity index (χ4n) is 1.84. The summed E-state index contributed by atoms with van der Waals surface area (Å²) in [4.78, 5) is -0.0509. The number of hydrogen-bond donors (Lipinski definition) is 0. The van der Waals surface area contributed by atoms with Crippen LogP contribution in [0.5, 0.6) is 5.75 Å². The van der Waals surface area contributed by atoms with Gasteiger partial charge in [-0.2, -0.15) is 0 Å². The molecule has 0 N–H and O–H groups in total. The second-order valence-electron chi connectivity index (χ2n) is 4.22. The molecule has 0 unspecified atom stereocenters. The Labute approximate surface area is 133 Å². The molecule has 0 aliphatic carbocycles. The quantitative estimate of drug-likeness (QED) is 0.845. The van der Waals surface area contributed by atoms with Gasteiger partial charge in [-0.25, -0.2) is 8.42 Å². The van der Waals surface area contributed by atoms with Gasteiger partial charge in [0.15, 0.2) is 0 Å². The van der Waals surface area contributed by atoms with Crippen molar-refractivity contribution in [1.82, 2.24) is 0 Å². The van der Waals surface area contributed by atoms with Crippen molar-refractivity contribution in [3.05, 3.63) is 52.5 Å². The summed E-state index contributed by atoms with van der Waals surface area (Å²) in [5, 5.41) is 0.410. The molecule has 0 aliphatic rings. The molecule has 0 aromatic heterocycles. The smallest absolute Gasteiger partial charge is 0.265 e. The number of sulfonamides is 1. The van der Waals surface area contributed by atoms with Crippen molar-refractivity contribution in [3.8, 4) is 5.75 Å². The largest absolute Gasteiger partial charge is 0.495 e. The van der Waals surface area contributed by atoms with Crippen LogP contribution >= 0.6 is 23.2 Å². The summed E-state index contributed by atoms with van der Waals surface area (Å²) in [5.41, 5.74) is 0.413. The Morgan fingerprint density at radius 2 is 1.76 bits per heavy atom. The highest BCUT2D eigenvalue weighted by atomic mass is 35.5. The zero-order chi connectivity index (χ0) is 15.6. The molecule has 0 aliphatic heterocycles. The molecular weight excluding hydrogens is 333 g/mol. The maximum Gasteiger partial charge on any atom is 0.265 e. The molecule has 2 aromatic carbocycles. The van der Waals surface area contributed by atoms with E-state index in [2.05, 4.69) is 0 Å². The minimum atomic E-state index is -3.84. The number of para-hydroxylation sites is 2. The molecule has 0 atom stereocenters. The van der Waals surface area contributed by atoms with Crippen LogP contribution in [0.15, 0.2) is 47.4 Å². The molecular formula is C14H13Cl2NO3S. The zero-order valence-corrected chi connectivity index (χ0v) is 13.7. The summed E-state index contributed by atoms with van der Waals surface area (Å²) in [7, 11) is -0.928. The van der Waals surface area contributed by atoms with Gasteiger partial charge >= 0.3 is 0 Å². The van der Waals surface area contributed by atoms with Crippen molar-refractivity contribution in [2.75, 3.05) is 18.5 Å². The Kier molecular flexibility index (Phi) is 4.66. The number of halogens is 2. The van der Waals surface area contributed by atoms with Crippen LogP contribution in [0.2, 0.25) is 10.0 Å². The van der Waals surface area contributed by atoms with E-state index in [4.69, 9.17) is 27.9 Å². The molecule has 0 radical (unpaired) electrons. The van der Waals surface area contributed by atoms with E-state index in [0.29, 0.717) is 16.5 Å². The number of nitrogens with zero attached hydrogens (tertiary/aromatic N) is 1. The third-order valence-corrected chi connectivity index (χ3v) is 5.44. The SMILES string of the molecule is COc1ccccc1N(C)S(=O)(=O)c1cc(Cl)ccc1Cl. The molecule has 21 heavy (non-hydrogen) atoms. The van der Waals surface area contributed by atoms with Crippen LogP contribution in [0.3, 0.4) is 0 Å². The van der Waals surface area contributed by atoms with Crippen molar-refractivity contribution in [3.63, 3.8) is 0 Å². The van der Waals surface area contributed by atoms with Gasteiger partial charge < -0.3 is 4.74 Å². The Balaban J connectivity index is 2.55. The molecule has 0 saturated heterocycles. The van der Waals surface area contributed by atoms with Gasteiger partial charge in [-0.15, -0.1) is 0 Å². The van der Waals surface area contributed by atoms with Crippen molar-refractivity contribution >= 4 is 38.9 Å². The Bertz CT molecular complexity index is 763. The number of anilines is 1. The van der Waals surface area contributed by atoms with E-state index >= 15 is 0 Å². The normalized spacial score (nSPS) is 11.2. The van der Waals surface area contributed by atoms with Crippen LogP contribution in [0.25, 0.3) is 0 Å². The highest BCUT2D eigenvalue weighted by Crippen LogP contribution is 2.33. The van der Waals surface area contributed by atoms with E-state index in [1.807, 2.05) is 0 Å². The van der Waals surface area contributed by atoms with Crippen LogP contribution < -0.4 is 9.04 Å². The fourth-order valence-corrected chi connectivity index (χ4v) is 3.78. The first-order valence-corrected chi connectivity index (χ1v) is 8.14. The summed E-state index contributed by atoms with van der Waals surface area (Å²) >= 11 is 11.9. The first-order valence-electron chi connectivity index (χ1n) is 5.95. The molecule has 0 bridgehead atoms. The van der Waals surface area contributed by atoms with Crippen LogP contribution in [-0.4, -0.2) is 22.6 Å². The highest BCUT2D eigenvalue weighted by Gasteiger charge is 2.26. The molecule has 7 heteroatoms. The van der Waals surface area contributed by atoms with Gasteiger partial charge in [-0.05, 0) is 30.3 Å². The fraction of sp³-hybridized carbons (Fsp3) is 0.143. The third-order valence-electron chi connectivity index (χ3n) is 2.96. The van der Waals surface area contributed by atoms with Gasteiger partial charge in [0.25, 0.3) is 10.0 Å². The molecule has 0 saturated carbocycles. The Morgan fingerprint density at radius 3 is 2.43 bits per heavy atom. The molecule has 2 rings (SSSR count). The van der Waals surface area contributed by atoms with Crippen molar-refractivity contribution in [2.45, 2.75) is 4.90 Å². The van der Waals surface area contributed by atoms with E-state index in [1.165, 1.54) is 32.4 Å². The van der Waals surface area contributed by atoms with E-state index in [0.717, 1.165) is 4.31 Å². The monoisotopic (exact) mass is 345 g/mol. The van der Waals surface area contributed by atoms with Crippen LogP contribution in [0, 0.1) is 0 Å². The van der Waals surface area contributed by atoms with Crippen LogP contribution in [0.1, 0.15) is 0 Å². The van der Waals surface area contributed by atoms with Gasteiger partial charge in [0.2, 0.25) is 0 Å². The maximum absolute atomic E-state index is 12.7. The summed E-state index contributed by atoms with van der Waals surface area (Å²) in [6.45, 7) is 0. The molecule has 0 amide bonds. The lowest BCUT2D eigenvalue weighted by molar-refractivity contribution is 0.416. The second-order valence-corrected chi connectivity index (χ2v) is 7.00. The van der Waals surface area contributed by atoms with Crippen molar-refractivity contribution < 1.29 is 13.2 Å². The molecule has 0 heterocycles. The van der Waals surface area contributed by atoms with Gasteiger partial charge in [0.1, 0.15) is 10.6 Å². The summed E-state index contributed by atoms with van der Waals surface area (Å²) in [6, 6.07) is 11.1. The lowest BCUT2D eigenvalue weighted by Crippen LogP contribution is -2.27. The number of benzene rings is 2. The predicted molar refractivity (Wildman–Crippen MR) is 85.0 cm³/mol. The summed E-state index contributed by atoms with van der Waals surface area (Å²) in [6.07, 6.45) is 0. The van der Waals surface area contributed by atoms with Crippen LogP contribution in [-0.2, 0) is 10.0 Å². The zero-order valence-electron chi connectivity index (χ0n) is 11.4. The van der Waals surface area contributed by atoms with E-state index < -0.39 is 10.0 Å². The van der Waals surface area contributed by atoms with E-state index in [-0.39, 0.29) is 9.92 Å². The van der Waals surface area contributed by atoms with Crippen LogP contribution in [0.4, 0.5) is 5.69 Å². The standard InChI is InChI=1S/C14H13Cl2NO3S/c1-17(12-5-3-4-6-13(12)20-2)21(18,19)14-9-10(15)7-8-11(14)16/h3-9H,1-2H3. The molecule has 2 aromatic rings. The van der Waals surface area contributed by atoms with Crippen molar-refractivity contribution in [1.29, 1.82) is 0 Å². The molecule has 0 fully saturated rings.